The monoisotopic (exact) mass is 261 g/mol. The third-order valence-corrected chi connectivity index (χ3v) is 3.73. The number of aromatic nitrogens is 2. The van der Waals surface area contributed by atoms with Crippen molar-refractivity contribution in [3.05, 3.63) is 16.4 Å². The van der Waals surface area contributed by atoms with Gasteiger partial charge < -0.3 is 5.73 Å². The van der Waals surface area contributed by atoms with E-state index >= 15 is 0 Å². The highest BCUT2D eigenvalue weighted by Gasteiger charge is 2.25. The Balaban J connectivity index is 2.83. The van der Waals surface area contributed by atoms with Crippen LogP contribution in [0.4, 0.5) is 4.39 Å². The second-order valence-electron chi connectivity index (χ2n) is 4.83. The number of nitrogens with two attached hydrogens (primary N) is 1. The SMILES string of the molecule is Cc1nn(C)c(CC(F)C(CN)C(C)C)c1Cl. The zero-order valence-electron chi connectivity index (χ0n) is 10.9. The van der Waals surface area contributed by atoms with Gasteiger partial charge in [0.25, 0.3) is 0 Å². The number of hydrogen-bond acceptors (Lipinski definition) is 2. The molecule has 0 bridgehead atoms. The van der Waals surface area contributed by atoms with Gasteiger partial charge in [-0.1, -0.05) is 25.4 Å². The highest BCUT2D eigenvalue weighted by molar-refractivity contribution is 6.31. The van der Waals surface area contributed by atoms with Gasteiger partial charge in [0, 0.05) is 19.4 Å². The molecule has 0 saturated heterocycles. The topological polar surface area (TPSA) is 43.8 Å². The first-order valence-corrected chi connectivity index (χ1v) is 6.28. The van der Waals surface area contributed by atoms with Gasteiger partial charge in [0.15, 0.2) is 0 Å². The van der Waals surface area contributed by atoms with Crippen molar-refractivity contribution < 1.29 is 4.39 Å². The summed E-state index contributed by atoms with van der Waals surface area (Å²) in [5.41, 5.74) is 7.10. The van der Waals surface area contributed by atoms with Crippen LogP contribution in [-0.4, -0.2) is 22.5 Å². The minimum atomic E-state index is -0.979. The van der Waals surface area contributed by atoms with Crippen molar-refractivity contribution in [2.24, 2.45) is 24.6 Å². The zero-order valence-corrected chi connectivity index (χ0v) is 11.6. The van der Waals surface area contributed by atoms with Gasteiger partial charge in [-0.3, -0.25) is 4.68 Å². The fraction of sp³-hybridized carbons (Fsp3) is 0.750. The van der Waals surface area contributed by atoms with E-state index in [0.717, 1.165) is 11.4 Å². The molecule has 1 heterocycles. The molecule has 1 rings (SSSR count). The first-order valence-electron chi connectivity index (χ1n) is 5.90. The molecule has 3 nitrogen and oxygen atoms in total. The van der Waals surface area contributed by atoms with Crippen LogP contribution in [0.2, 0.25) is 5.02 Å². The smallest absolute Gasteiger partial charge is 0.110 e. The molecule has 2 atom stereocenters. The molecule has 2 N–H and O–H groups in total. The lowest BCUT2D eigenvalue weighted by Crippen LogP contribution is -2.31. The molecule has 0 aromatic carbocycles. The number of aryl methyl sites for hydroxylation is 2. The Hall–Kier alpha value is -0.610. The number of hydrogen-bond donors (Lipinski definition) is 1. The van der Waals surface area contributed by atoms with Gasteiger partial charge in [-0.15, -0.1) is 0 Å². The summed E-state index contributed by atoms with van der Waals surface area (Å²) in [6.07, 6.45) is -0.705. The third-order valence-electron chi connectivity index (χ3n) is 3.24. The van der Waals surface area contributed by atoms with Crippen molar-refractivity contribution in [3.8, 4) is 0 Å². The normalized spacial score (nSPS) is 15.3. The summed E-state index contributed by atoms with van der Waals surface area (Å²) in [6, 6.07) is 0. The Morgan fingerprint density at radius 3 is 2.41 bits per heavy atom. The van der Waals surface area contributed by atoms with Crippen molar-refractivity contribution >= 4 is 11.6 Å². The number of rotatable bonds is 5. The van der Waals surface area contributed by atoms with Gasteiger partial charge in [-0.05, 0) is 19.4 Å². The van der Waals surface area contributed by atoms with Gasteiger partial charge in [0.2, 0.25) is 0 Å². The first kappa shape index (κ1) is 14.5. The van der Waals surface area contributed by atoms with E-state index in [0.29, 0.717) is 11.6 Å². The van der Waals surface area contributed by atoms with Crippen LogP contribution in [0.3, 0.4) is 0 Å². The molecule has 17 heavy (non-hydrogen) atoms. The average Bonchev–Trinajstić information content (AvgIpc) is 2.45. The van der Waals surface area contributed by atoms with Crippen molar-refractivity contribution in [2.75, 3.05) is 6.54 Å². The van der Waals surface area contributed by atoms with Crippen LogP contribution in [0, 0.1) is 18.8 Å². The van der Waals surface area contributed by atoms with Crippen LogP contribution in [0.25, 0.3) is 0 Å². The van der Waals surface area contributed by atoms with Crippen LogP contribution in [0.1, 0.15) is 25.2 Å². The molecule has 0 radical (unpaired) electrons. The Labute approximate surface area is 107 Å². The number of alkyl halides is 1. The molecular weight excluding hydrogens is 241 g/mol. The molecular formula is C12H21ClFN3. The molecule has 0 aliphatic rings. The molecule has 1 aromatic rings. The standard InChI is InChI=1S/C12H21ClFN3/c1-7(2)9(6-15)10(14)5-11-12(13)8(3)16-17(11)4/h7,9-10H,5-6,15H2,1-4H3. The maximum atomic E-state index is 14.2. The average molecular weight is 262 g/mol. The number of nitrogens with zero attached hydrogens (tertiary/aromatic N) is 2. The van der Waals surface area contributed by atoms with Gasteiger partial charge in [0.1, 0.15) is 6.17 Å². The van der Waals surface area contributed by atoms with Crippen molar-refractivity contribution in [1.82, 2.24) is 9.78 Å². The van der Waals surface area contributed by atoms with Crippen LogP contribution >= 0.6 is 11.6 Å². The summed E-state index contributed by atoms with van der Waals surface area (Å²) in [5.74, 6) is 0.0874. The second kappa shape index (κ2) is 5.83. The van der Waals surface area contributed by atoms with E-state index < -0.39 is 6.17 Å². The highest BCUT2D eigenvalue weighted by atomic mass is 35.5. The molecule has 0 fully saturated rings. The highest BCUT2D eigenvalue weighted by Crippen LogP contribution is 2.26. The van der Waals surface area contributed by atoms with E-state index in [-0.39, 0.29) is 18.3 Å². The molecule has 0 spiro atoms. The van der Waals surface area contributed by atoms with Crippen LogP contribution in [-0.2, 0) is 13.5 Å². The van der Waals surface area contributed by atoms with Crippen molar-refractivity contribution in [3.63, 3.8) is 0 Å². The fourth-order valence-corrected chi connectivity index (χ4v) is 2.31. The van der Waals surface area contributed by atoms with E-state index in [1.165, 1.54) is 0 Å². The minimum absolute atomic E-state index is 0.138. The second-order valence-corrected chi connectivity index (χ2v) is 5.21. The fourth-order valence-electron chi connectivity index (χ4n) is 2.08. The summed E-state index contributed by atoms with van der Waals surface area (Å²) >= 11 is 6.10. The van der Waals surface area contributed by atoms with E-state index in [9.17, 15) is 4.39 Å². The summed E-state index contributed by atoms with van der Waals surface area (Å²) in [6.45, 7) is 6.15. The predicted octanol–water partition coefficient (Wildman–Crippen LogP) is 2.49. The molecule has 2 unspecified atom stereocenters. The zero-order chi connectivity index (χ0) is 13.2. The Morgan fingerprint density at radius 2 is 2.06 bits per heavy atom. The van der Waals surface area contributed by atoms with E-state index in [1.807, 2.05) is 20.8 Å². The van der Waals surface area contributed by atoms with Gasteiger partial charge >= 0.3 is 0 Å². The first-order chi connectivity index (χ1) is 7.88. The van der Waals surface area contributed by atoms with E-state index in [1.54, 1.807) is 11.7 Å². The van der Waals surface area contributed by atoms with Gasteiger partial charge in [0.05, 0.1) is 16.4 Å². The van der Waals surface area contributed by atoms with Gasteiger partial charge in [-0.2, -0.15) is 5.10 Å². The summed E-state index contributed by atoms with van der Waals surface area (Å²) in [4.78, 5) is 0. The van der Waals surface area contributed by atoms with Gasteiger partial charge in [-0.25, -0.2) is 4.39 Å². The lowest BCUT2D eigenvalue weighted by molar-refractivity contribution is 0.183. The lowest BCUT2D eigenvalue weighted by atomic mass is 9.89. The summed E-state index contributed by atoms with van der Waals surface area (Å²) in [5, 5.41) is 4.74. The van der Waals surface area contributed by atoms with Crippen LogP contribution in [0.15, 0.2) is 0 Å². The van der Waals surface area contributed by atoms with Crippen molar-refractivity contribution in [1.29, 1.82) is 0 Å². The van der Waals surface area contributed by atoms with E-state index in [4.69, 9.17) is 17.3 Å². The third kappa shape index (κ3) is 3.19. The molecule has 0 aliphatic carbocycles. The summed E-state index contributed by atoms with van der Waals surface area (Å²) < 4.78 is 15.8. The van der Waals surface area contributed by atoms with Crippen molar-refractivity contribution in [2.45, 2.75) is 33.4 Å². The molecule has 98 valence electrons. The maximum absolute atomic E-state index is 14.2. The maximum Gasteiger partial charge on any atom is 0.110 e. The Morgan fingerprint density at radius 1 is 1.47 bits per heavy atom. The van der Waals surface area contributed by atoms with Crippen LogP contribution < -0.4 is 5.73 Å². The predicted molar refractivity (Wildman–Crippen MR) is 68.9 cm³/mol. The largest absolute Gasteiger partial charge is 0.330 e. The molecule has 0 saturated carbocycles. The lowest BCUT2D eigenvalue weighted by Gasteiger charge is -2.23. The molecule has 5 heteroatoms. The number of halogens is 2. The Bertz CT molecular complexity index is 376. The molecule has 0 aliphatic heterocycles. The minimum Gasteiger partial charge on any atom is -0.330 e. The molecule has 0 amide bonds. The van der Waals surface area contributed by atoms with Crippen LogP contribution in [0.5, 0.6) is 0 Å². The Kier molecular flexibility index (Phi) is 4.95. The molecule has 1 aromatic heterocycles. The quantitative estimate of drug-likeness (QED) is 0.885. The van der Waals surface area contributed by atoms with E-state index in [2.05, 4.69) is 5.10 Å². The summed E-state index contributed by atoms with van der Waals surface area (Å²) in [7, 11) is 1.79.